The highest BCUT2D eigenvalue weighted by molar-refractivity contribution is 5.85. The minimum Gasteiger partial charge on any atom is -0.271 e. The summed E-state index contributed by atoms with van der Waals surface area (Å²) in [6.45, 7) is 0. The van der Waals surface area contributed by atoms with Gasteiger partial charge >= 0.3 is 6.18 Å². The Hall–Kier alpha value is -0.780. The van der Waals surface area contributed by atoms with Gasteiger partial charge in [-0.05, 0) is 18.4 Å². The molecule has 0 heterocycles. The Morgan fingerprint density at radius 3 is 2.24 bits per heavy atom. The monoisotopic (exact) mass is 268 g/mol. The van der Waals surface area contributed by atoms with Gasteiger partial charge in [-0.25, -0.2) is 0 Å². The summed E-state index contributed by atoms with van der Waals surface area (Å²) < 4.78 is 36.4. The molecule has 0 spiro atoms. The van der Waals surface area contributed by atoms with Gasteiger partial charge in [0.2, 0.25) is 0 Å². The Morgan fingerprint density at radius 1 is 1.18 bits per heavy atom. The first kappa shape index (κ1) is 16.2. The zero-order valence-corrected chi connectivity index (χ0v) is 10.0. The molecule has 0 amide bonds. The molecule has 3 N–H and O–H groups in total. The van der Waals surface area contributed by atoms with E-state index in [0.29, 0.717) is 12.8 Å². The molecule has 1 unspecified atom stereocenters. The minimum absolute atomic E-state index is 0. The van der Waals surface area contributed by atoms with Crippen LogP contribution in [0.5, 0.6) is 0 Å². The maximum atomic E-state index is 12.1. The van der Waals surface area contributed by atoms with Crippen LogP contribution in [0.1, 0.15) is 18.4 Å². The molecule has 17 heavy (non-hydrogen) atoms. The molecule has 1 rings (SSSR count). The van der Waals surface area contributed by atoms with Crippen LogP contribution in [0, 0.1) is 0 Å². The maximum absolute atomic E-state index is 12.1. The average molecular weight is 269 g/mol. The lowest BCUT2D eigenvalue weighted by molar-refractivity contribution is -0.140. The van der Waals surface area contributed by atoms with E-state index in [-0.39, 0.29) is 12.4 Å². The molecule has 0 aliphatic rings. The maximum Gasteiger partial charge on any atom is 0.390 e. The van der Waals surface area contributed by atoms with Gasteiger partial charge in [0.15, 0.2) is 0 Å². The molecule has 0 saturated carbocycles. The lowest BCUT2D eigenvalue weighted by atomic mass is 10.0. The number of benzene rings is 1. The highest BCUT2D eigenvalue weighted by atomic mass is 35.5. The summed E-state index contributed by atoms with van der Waals surface area (Å²) in [4.78, 5) is 0. The lowest BCUT2D eigenvalue weighted by Crippen LogP contribution is -2.38. The number of rotatable bonds is 5. The van der Waals surface area contributed by atoms with Crippen LogP contribution in [0.25, 0.3) is 0 Å². The average Bonchev–Trinajstić information content (AvgIpc) is 2.24. The summed E-state index contributed by atoms with van der Waals surface area (Å²) in [5.41, 5.74) is 3.23. The van der Waals surface area contributed by atoms with Crippen molar-refractivity contribution in [3.63, 3.8) is 0 Å². The molecule has 0 saturated heterocycles. The molecular weight excluding hydrogens is 253 g/mol. The summed E-state index contributed by atoms with van der Waals surface area (Å²) >= 11 is 0. The van der Waals surface area contributed by atoms with Gasteiger partial charge in [0, 0.05) is 6.04 Å². The Morgan fingerprint density at radius 2 is 1.76 bits per heavy atom. The third-order valence-electron chi connectivity index (χ3n) is 2.34. The Kier molecular flexibility index (Phi) is 7.18. The van der Waals surface area contributed by atoms with E-state index in [1.54, 1.807) is 0 Å². The predicted octanol–water partition coefficient (Wildman–Crippen LogP) is 2.83. The fourth-order valence-electron chi connectivity index (χ4n) is 1.51. The molecule has 0 fully saturated rings. The van der Waals surface area contributed by atoms with Gasteiger partial charge in [-0.3, -0.25) is 11.3 Å². The molecule has 0 aromatic heterocycles. The van der Waals surface area contributed by atoms with Crippen molar-refractivity contribution in [3.05, 3.63) is 35.9 Å². The number of aryl methyl sites for hydroxylation is 1. The number of hydrazine groups is 1. The van der Waals surface area contributed by atoms with Crippen molar-refractivity contribution in [1.29, 1.82) is 0 Å². The molecule has 2 nitrogen and oxygen atoms in total. The Labute approximate surface area is 105 Å². The molecule has 0 bridgehead atoms. The number of hydrogen-bond acceptors (Lipinski definition) is 2. The second-order valence-electron chi connectivity index (χ2n) is 3.71. The van der Waals surface area contributed by atoms with E-state index in [0.717, 1.165) is 5.56 Å². The fraction of sp³-hybridized carbons (Fsp3) is 0.455. The van der Waals surface area contributed by atoms with Crippen LogP contribution in [0.4, 0.5) is 13.2 Å². The molecule has 1 aromatic carbocycles. The van der Waals surface area contributed by atoms with E-state index in [9.17, 15) is 13.2 Å². The largest absolute Gasteiger partial charge is 0.390 e. The van der Waals surface area contributed by atoms with Gasteiger partial charge in [-0.15, -0.1) is 12.4 Å². The normalized spacial score (nSPS) is 12.9. The third kappa shape index (κ3) is 7.20. The topological polar surface area (TPSA) is 38.0 Å². The summed E-state index contributed by atoms with van der Waals surface area (Å²) in [5.74, 6) is 5.09. The molecule has 0 radical (unpaired) electrons. The van der Waals surface area contributed by atoms with Crippen molar-refractivity contribution >= 4 is 12.4 Å². The number of alkyl halides is 3. The quantitative estimate of drug-likeness (QED) is 0.637. The summed E-state index contributed by atoms with van der Waals surface area (Å²) in [7, 11) is 0. The van der Waals surface area contributed by atoms with Crippen LogP contribution in [0.15, 0.2) is 30.3 Å². The first-order valence-electron chi connectivity index (χ1n) is 5.08. The van der Waals surface area contributed by atoms with Crippen molar-refractivity contribution in [2.75, 3.05) is 0 Å². The summed E-state index contributed by atoms with van der Waals surface area (Å²) in [6.07, 6.45) is -4.10. The molecule has 98 valence electrons. The van der Waals surface area contributed by atoms with Crippen LogP contribution in [0.3, 0.4) is 0 Å². The molecule has 0 aliphatic heterocycles. The third-order valence-corrected chi connectivity index (χ3v) is 2.34. The van der Waals surface area contributed by atoms with Gasteiger partial charge in [-0.1, -0.05) is 30.3 Å². The van der Waals surface area contributed by atoms with E-state index < -0.39 is 18.6 Å². The van der Waals surface area contributed by atoms with Gasteiger partial charge in [0.25, 0.3) is 0 Å². The van der Waals surface area contributed by atoms with Crippen molar-refractivity contribution in [1.82, 2.24) is 5.43 Å². The van der Waals surface area contributed by atoms with E-state index >= 15 is 0 Å². The van der Waals surface area contributed by atoms with Crippen molar-refractivity contribution in [2.24, 2.45) is 5.84 Å². The first-order valence-corrected chi connectivity index (χ1v) is 5.08. The van der Waals surface area contributed by atoms with E-state index in [1.165, 1.54) is 0 Å². The highest BCUT2D eigenvalue weighted by Gasteiger charge is 2.31. The standard InChI is InChI=1S/C11H15F3N2.ClH/c12-11(13,14)8-10(16-15)7-6-9-4-2-1-3-5-9;/h1-5,10,16H,6-8,15H2;1H. The van der Waals surface area contributed by atoms with Crippen LogP contribution < -0.4 is 11.3 Å². The van der Waals surface area contributed by atoms with Gasteiger partial charge in [0.05, 0.1) is 6.42 Å². The van der Waals surface area contributed by atoms with E-state index in [4.69, 9.17) is 5.84 Å². The molecule has 0 aliphatic carbocycles. The summed E-state index contributed by atoms with van der Waals surface area (Å²) in [5, 5.41) is 0. The van der Waals surface area contributed by atoms with Crippen molar-refractivity contribution in [2.45, 2.75) is 31.5 Å². The predicted molar refractivity (Wildman–Crippen MR) is 63.8 cm³/mol. The van der Waals surface area contributed by atoms with E-state index in [2.05, 4.69) is 5.43 Å². The van der Waals surface area contributed by atoms with Crippen LogP contribution in [-0.4, -0.2) is 12.2 Å². The SMILES string of the molecule is Cl.NNC(CCc1ccccc1)CC(F)(F)F. The number of nitrogens with one attached hydrogen (secondary N) is 1. The second-order valence-corrected chi connectivity index (χ2v) is 3.71. The molecule has 1 aromatic rings. The number of nitrogens with two attached hydrogens (primary N) is 1. The highest BCUT2D eigenvalue weighted by Crippen LogP contribution is 2.23. The van der Waals surface area contributed by atoms with Crippen molar-refractivity contribution in [3.8, 4) is 0 Å². The van der Waals surface area contributed by atoms with Crippen molar-refractivity contribution < 1.29 is 13.2 Å². The zero-order chi connectivity index (χ0) is 12.0. The number of hydrogen-bond donors (Lipinski definition) is 2. The van der Waals surface area contributed by atoms with Crippen LogP contribution in [0.2, 0.25) is 0 Å². The van der Waals surface area contributed by atoms with Gasteiger partial charge in [-0.2, -0.15) is 13.2 Å². The van der Waals surface area contributed by atoms with Gasteiger partial charge < -0.3 is 0 Å². The summed E-state index contributed by atoms with van der Waals surface area (Å²) in [6, 6.07) is 8.66. The minimum atomic E-state index is -4.17. The van der Waals surface area contributed by atoms with Gasteiger partial charge in [0.1, 0.15) is 0 Å². The Bertz CT molecular complexity index is 303. The van der Waals surface area contributed by atoms with E-state index in [1.807, 2.05) is 30.3 Å². The molecule has 1 atom stereocenters. The molecular formula is C11H16ClF3N2. The zero-order valence-electron chi connectivity index (χ0n) is 9.20. The Balaban J connectivity index is 0.00000256. The smallest absolute Gasteiger partial charge is 0.271 e. The lowest BCUT2D eigenvalue weighted by Gasteiger charge is -2.17. The van der Waals surface area contributed by atoms with Crippen LogP contribution in [-0.2, 0) is 6.42 Å². The second kappa shape index (κ2) is 7.53. The van der Waals surface area contributed by atoms with Crippen LogP contribution >= 0.6 is 12.4 Å². The first-order chi connectivity index (χ1) is 7.51. The number of halogens is 4. The molecule has 6 heteroatoms. The fourth-order valence-corrected chi connectivity index (χ4v) is 1.51.